The Morgan fingerprint density at radius 1 is 0.530 bits per heavy atom. The van der Waals surface area contributed by atoms with Gasteiger partial charge in [0, 0.05) is 119 Å². The van der Waals surface area contributed by atoms with Gasteiger partial charge in [-0.2, -0.15) is 0 Å². The number of nitrogens with one attached hydrogen (secondary N) is 13. The number of aromatic amines is 3. The van der Waals surface area contributed by atoms with E-state index in [1.165, 1.54) is 52.5 Å². The predicted octanol–water partition coefficient (Wildman–Crippen LogP) is -0.790. The molecule has 132 heavy (non-hydrogen) atoms. The van der Waals surface area contributed by atoms with E-state index in [1.807, 2.05) is 13.8 Å². The molecule has 6 aromatic rings. The van der Waals surface area contributed by atoms with Gasteiger partial charge in [-0.15, -0.1) is 11.8 Å². The standard InChI is InChI=1S/C90H126N22O19S/c1-10-12-30-70-84(125)102-62(33-34-77(117)118)81(122)107-69(79(120)97-46-74(93)114)48-132-49-76(116)100-66(38-53-23-15-14-16-24-53)87(128)109(7)52(5)78(119)104-68(42-73(92)113)89(130)112-36-22-32-71(112)85(126)103-64(41-56-45-94-50-98-56)83(124)105-65(37-51(3)4)86(127)108(6)47-75(115)99-63(39-54-43-95-59-27-19-17-25-57(54)59)82(123)101-61(29-21-35-91)80(121)106-67(40-55-44-96-60-28-20-18-26-58(55)60)88(129)111(9)72(31-13-11-2)90(131)110(70)8/h14-20,23-28,43-45,50-52,61-72,95-96H,10-13,21-22,29-42,46-49,91H2,1-9H3,(H2,92,113)(H2,93,114)(H,94,98)(H,97,120)(H,99,115)(H,100,116)(H,101,123)(H,102,125)(H,103,126)(H,104,119)(H,105,124)(H,106,121)(H,107,122)(H,117,118)/t52-,61-,62-,63-,64-,65-,66-,67-,68-,69?,70-,71-,72-/m0/s1. The highest BCUT2D eigenvalue weighted by atomic mass is 32.2. The summed E-state index contributed by atoms with van der Waals surface area (Å²) in [6.07, 6.45) is 4.87. The minimum atomic E-state index is -1.76. The second-order valence-electron chi connectivity index (χ2n) is 33.9. The normalized spacial score (nSPS) is 23.5. The number of nitrogens with two attached hydrogens (primary N) is 3. The van der Waals surface area contributed by atoms with Crippen molar-refractivity contribution in [3.8, 4) is 0 Å². The Hall–Kier alpha value is -13.3. The number of H-pyrrole nitrogens is 3. The van der Waals surface area contributed by atoms with Crippen molar-refractivity contribution in [2.75, 3.05) is 65.9 Å². The van der Waals surface area contributed by atoms with Gasteiger partial charge >= 0.3 is 5.97 Å². The quantitative estimate of drug-likeness (QED) is 0.0300. The highest BCUT2D eigenvalue weighted by Crippen LogP contribution is 2.26. The minimum Gasteiger partial charge on any atom is -0.481 e. The molecule has 8 rings (SSSR count). The fourth-order valence-electron chi connectivity index (χ4n) is 15.9. The third-order valence-electron chi connectivity index (χ3n) is 23.3. The van der Waals surface area contributed by atoms with Gasteiger partial charge in [-0.25, -0.2) is 4.98 Å². The van der Waals surface area contributed by atoms with Gasteiger partial charge in [0.2, 0.25) is 100 Å². The van der Waals surface area contributed by atoms with Crippen LogP contribution in [0.1, 0.15) is 147 Å². The molecule has 41 nitrogen and oxygen atoms in total. The summed E-state index contributed by atoms with van der Waals surface area (Å²) in [6, 6.07) is 3.11. The molecule has 2 fully saturated rings. The molecule has 20 N–H and O–H groups in total. The van der Waals surface area contributed by atoms with Crippen LogP contribution < -0.4 is 70.4 Å². The third-order valence-corrected chi connectivity index (χ3v) is 24.4. The lowest BCUT2D eigenvalue weighted by Gasteiger charge is -2.36. The van der Waals surface area contributed by atoms with Crippen LogP contribution in [0.25, 0.3) is 21.8 Å². The molecule has 1 unspecified atom stereocenters. The number of fused-ring (bicyclic) bond motifs is 3. The largest absolute Gasteiger partial charge is 0.481 e. The lowest BCUT2D eigenvalue weighted by molar-refractivity contribution is -0.149. The number of aliphatic carboxylic acids is 1. The fraction of sp³-hybridized carbons (Fsp3) is 0.522. The molecule has 5 heterocycles. The van der Waals surface area contributed by atoms with Gasteiger partial charge in [0.05, 0.1) is 31.6 Å². The maximum absolute atomic E-state index is 15.8. The van der Waals surface area contributed by atoms with Crippen LogP contribution in [0.4, 0.5) is 0 Å². The molecule has 716 valence electrons. The predicted molar refractivity (Wildman–Crippen MR) is 489 cm³/mol. The Balaban J connectivity index is 1.19. The number of rotatable bonds is 27. The van der Waals surface area contributed by atoms with Crippen molar-refractivity contribution in [2.24, 2.45) is 23.1 Å². The molecule has 13 atom stereocenters. The molecule has 2 aliphatic rings. The number of amides is 17. The lowest BCUT2D eigenvalue weighted by atomic mass is 9.99. The van der Waals surface area contributed by atoms with E-state index in [0.29, 0.717) is 69.9 Å². The first-order valence-electron chi connectivity index (χ1n) is 44.4. The van der Waals surface area contributed by atoms with Crippen LogP contribution in [0.3, 0.4) is 0 Å². The van der Waals surface area contributed by atoms with E-state index in [9.17, 15) is 67.4 Å². The van der Waals surface area contributed by atoms with Crippen LogP contribution in [0.5, 0.6) is 0 Å². The summed E-state index contributed by atoms with van der Waals surface area (Å²) in [5.74, 6) is -18.2. The molecule has 42 heteroatoms. The van der Waals surface area contributed by atoms with E-state index in [4.69, 9.17) is 17.2 Å². The lowest BCUT2D eigenvalue weighted by Crippen LogP contribution is -2.61. The molecular formula is C90H126N22O19S. The van der Waals surface area contributed by atoms with Crippen molar-refractivity contribution in [2.45, 2.75) is 229 Å². The molecule has 17 amide bonds. The monoisotopic (exact) mass is 1850 g/mol. The first-order chi connectivity index (χ1) is 62.9. The average Bonchev–Trinajstić information content (AvgIpc) is 1.70. The second-order valence-corrected chi connectivity index (χ2v) is 34.9. The van der Waals surface area contributed by atoms with Crippen LogP contribution in [-0.4, -0.2) is 300 Å². The number of carbonyl (C=O) groups excluding carboxylic acids is 17. The number of primary amides is 2. The highest BCUT2D eigenvalue weighted by molar-refractivity contribution is 8.00. The zero-order valence-electron chi connectivity index (χ0n) is 76.0. The Morgan fingerprint density at radius 2 is 1.06 bits per heavy atom. The van der Waals surface area contributed by atoms with Gasteiger partial charge < -0.3 is 115 Å². The van der Waals surface area contributed by atoms with Crippen LogP contribution in [-0.2, 0) is 112 Å². The first-order valence-corrected chi connectivity index (χ1v) is 45.6. The van der Waals surface area contributed by atoms with Crippen molar-refractivity contribution in [3.05, 3.63) is 126 Å². The van der Waals surface area contributed by atoms with Gasteiger partial charge in [-0.05, 0) is 99.6 Å². The number of hydrogen-bond acceptors (Lipinski definition) is 21. The Morgan fingerprint density at radius 3 is 1.66 bits per heavy atom. The maximum Gasteiger partial charge on any atom is 0.303 e. The van der Waals surface area contributed by atoms with E-state index in [0.717, 1.165) is 31.4 Å². The number of likely N-dealkylation sites (N-methyl/N-ethyl adjacent to an activating group) is 4. The van der Waals surface area contributed by atoms with Crippen molar-refractivity contribution < 1.29 is 91.4 Å². The van der Waals surface area contributed by atoms with Gasteiger partial charge in [-0.3, -0.25) is 86.3 Å². The summed E-state index contributed by atoms with van der Waals surface area (Å²) in [7, 11) is 5.24. The molecule has 2 aliphatic heterocycles. The van der Waals surface area contributed by atoms with Crippen LogP contribution >= 0.6 is 11.8 Å². The topological polar surface area (TPSA) is 602 Å². The zero-order valence-corrected chi connectivity index (χ0v) is 76.8. The maximum atomic E-state index is 15.8. The summed E-state index contributed by atoms with van der Waals surface area (Å²) in [4.78, 5) is 280. The van der Waals surface area contributed by atoms with Gasteiger partial charge in [0.25, 0.3) is 0 Å². The Bertz CT molecular complexity index is 5050. The second kappa shape index (κ2) is 50.8. The molecule has 0 aliphatic carbocycles. The number of thioether (sulfide) groups is 1. The van der Waals surface area contributed by atoms with E-state index in [-0.39, 0.29) is 89.6 Å². The average molecular weight is 1850 g/mol. The number of benzene rings is 3. The number of hydrogen-bond donors (Lipinski definition) is 17. The van der Waals surface area contributed by atoms with Crippen molar-refractivity contribution >= 4 is 140 Å². The molecule has 0 radical (unpaired) electrons. The van der Waals surface area contributed by atoms with Crippen LogP contribution in [0.2, 0.25) is 0 Å². The molecule has 3 aromatic heterocycles. The van der Waals surface area contributed by atoms with Crippen molar-refractivity contribution in [3.63, 3.8) is 0 Å². The number of nitrogens with zero attached hydrogens (tertiary/aromatic N) is 6. The zero-order chi connectivity index (χ0) is 96.6. The van der Waals surface area contributed by atoms with E-state index >= 15 is 24.0 Å². The molecule has 0 bridgehead atoms. The van der Waals surface area contributed by atoms with E-state index in [2.05, 4.69) is 73.1 Å². The van der Waals surface area contributed by atoms with E-state index in [1.54, 1.807) is 105 Å². The van der Waals surface area contributed by atoms with Gasteiger partial charge in [-0.1, -0.05) is 120 Å². The number of carbonyl (C=O) groups is 18. The minimum absolute atomic E-state index is 0.00214. The first kappa shape index (κ1) is 104. The summed E-state index contributed by atoms with van der Waals surface area (Å²) < 4.78 is 0. The summed E-state index contributed by atoms with van der Waals surface area (Å²) in [5, 5.41) is 38.0. The fourth-order valence-corrected chi connectivity index (χ4v) is 16.8. The number of aromatic nitrogens is 4. The molecule has 0 saturated carbocycles. The smallest absolute Gasteiger partial charge is 0.303 e. The number of carboxylic acids is 1. The number of unbranched alkanes of at least 4 members (excludes halogenated alkanes) is 2. The number of para-hydroxylation sites is 2. The van der Waals surface area contributed by atoms with Crippen LogP contribution in [0, 0.1) is 5.92 Å². The third kappa shape index (κ3) is 30.1. The number of carboxylic acid groups (broad SMARTS) is 1. The van der Waals surface area contributed by atoms with Crippen molar-refractivity contribution in [1.82, 2.24) is 97.6 Å². The molecule has 3 aromatic carbocycles. The Labute approximate surface area is 769 Å². The van der Waals surface area contributed by atoms with Gasteiger partial charge in [0.15, 0.2) is 0 Å². The number of imidazole rings is 1. The SMILES string of the molecule is CCCC[C@H]1C(=O)N(C)[C@@H](CCCC)C(=O)N[C@@H](CCC(=O)O)C(=O)NC(C(=O)NCC(N)=O)CSCC(=O)N[C@@H](Cc2ccccc2)C(=O)N(C)[C@@H](C)C(=O)N[C@@H](CC(N)=O)C(=O)N2CCC[C@H]2C(=O)N[C@@H](Cc2cnc[nH]2)C(=O)N[C@@H](CC(C)C)C(=O)N(C)CC(=O)N[C@@H](Cc2c[nH]c3ccccc23)C(=O)N[C@@H](CCCN)C(=O)N[C@@H](Cc2c[nH]c3ccccc23)C(=O)N1C. The molecular weight excluding hydrogens is 1730 g/mol. The molecule has 2 saturated heterocycles. The summed E-state index contributed by atoms with van der Waals surface area (Å²) in [6.45, 7) is 6.99. The van der Waals surface area contributed by atoms with Crippen LogP contribution in [0.15, 0.2) is 104 Å². The van der Waals surface area contributed by atoms with E-state index < -0.39 is 229 Å². The summed E-state index contributed by atoms with van der Waals surface area (Å²) >= 11 is 0.750. The highest BCUT2D eigenvalue weighted by Gasteiger charge is 2.44. The molecule has 0 spiro atoms. The Kier molecular flexibility index (Phi) is 40.0. The van der Waals surface area contributed by atoms with Crippen molar-refractivity contribution in [1.29, 1.82) is 0 Å². The van der Waals surface area contributed by atoms with Gasteiger partial charge in [0.1, 0.15) is 78.5 Å². The summed E-state index contributed by atoms with van der Waals surface area (Å²) in [5.41, 5.74) is 20.6.